The maximum Gasteiger partial charge on any atom is 0.573 e. The first kappa shape index (κ1) is 19.1. The lowest BCUT2D eigenvalue weighted by Gasteiger charge is -2.26. The third-order valence-electron chi connectivity index (χ3n) is 4.44. The largest absolute Gasteiger partial charge is 0.573 e. The molecule has 1 saturated heterocycles. The van der Waals surface area contributed by atoms with E-state index in [1.165, 1.54) is 35.1 Å². The van der Waals surface area contributed by atoms with Crippen molar-refractivity contribution in [1.29, 1.82) is 0 Å². The van der Waals surface area contributed by atoms with E-state index in [1.54, 1.807) is 34.0 Å². The molecule has 1 amide bonds. The summed E-state index contributed by atoms with van der Waals surface area (Å²) in [5.74, 6) is -0.0169. The van der Waals surface area contributed by atoms with Crippen molar-refractivity contribution in [1.82, 2.24) is 19.2 Å². The molecule has 4 rings (SSSR count). The molecule has 0 bridgehead atoms. The van der Waals surface area contributed by atoms with Gasteiger partial charge in [-0.2, -0.15) is 5.10 Å². The molecule has 29 heavy (non-hydrogen) atoms. The third-order valence-corrected chi connectivity index (χ3v) is 4.44. The van der Waals surface area contributed by atoms with Crippen molar-refractivity contribution in [3.05, 3.63) is 60.6 Å². The number of carbonyl (C=O) groups is 1. The minimum atomic E-state index is -4.76. The molecular weight excluding hydrogens is 389 g/mol. The summed E-state index contributed by atoms with van der Waals surface area (Å²) < 4.78 is 49.6. The lowest BCUT2D eigenvalue weighted by molar-refractivity contribution is -0.274. The van der Waals surface area contributed by atoms with Gasteiger partial charge < -0.3 is 18.9 Å². The van der Waals surface area contributed by atoms with Crippen LogP contribution in [0.25, 0.3) is 11.5 Å². The Kier molecular flexibility index (Phi) is 5.01. The Bertz CT molecular complexity index is 975. The molecule has 0 atom stereocenters. The van der Waals surface area contributed by atoms with E-state index in [0.717, 1.165) is 0 Å². The Morgan fingerprint density at radius 1 is 1.07 bits per heavy atom. The number of nitrogens with zero attached hydrogens (tertiary/aromatic N) is 4. The van der Waals surface area contributed by atoms with Gasteiger partial charge in [-0.05, 0) is 36.4 Å². The molecule has 0 radical (unpaired) electrons. The number of carbonyl (C=O) groups excluding carboxylic acids is 1. The van der Waals surface area contributed by atoms with Crippen molar-refractivity contribution in [2.24, 2.45) is 0 Å². The molecule has 7 nitrogen and oxygen atoms in total. The van der Waals surface area contributed by atoms with Crippen LogP contribution in [0.3, 0.4) is 0 Å². The van der Waals surface area contributed by atoms with Crippen LogP contribution in [0.4, 0.5) is 13.2 Å². The molecule has 1 fully saturated rings. The first-order valence-electron chi connectivity index (χ1n) is 8.87. The Morgan fingerprint density at radius 3 is 2.34 bits per heavy atom. The lowest BCUT2D eigenvalue weighted by Crippen LogP contribution is -2.40. The van der Waals surface area contributed by atoms with Gasteiger partial charge in [0.1, 0.15) is 11.3 Å². The second-order valence-corrected chi connectivity index (χ2v) is 6.33. The highest BCUT2D eigenvalue weighted by Gasteiger charge is 2.31. The fraction of sp³-hybridized carbons (Fsp3) is 0.263. The third kappa shape index (κ3) is 4.11. The van der Waals surface area contributed by atoms with E-state index in [4.69, 9.17) is 4.74 Å². The van der Waals surface area contributed by atoms with Crippen LogP contribution in [-0.2, 0) is 4.74 Å². The fourth-order valence-corrected chi connectivity index (χ4v) is 3.13. The molecule has 152 valence electrons. The summed E-state index contributed by atoms with van der Waals surface area (Å²) in [4.78, 5) is 14.7. The van der Waals surface area contributed by atoms with Crippen LogP contribution in [-0.4, -0.2) is 57.8 Å². The molecule has 1 aliphatic rings. The average molecular weight is 406 g/mol. The summed E-state index contributed by atoms with van der Waals surface area (Å²) >= 11 is 0. The number of benzene rings is 1. The van der Waals surface area contributed by atoms with Crippen LogP contribution in [0.1, 0.15) is 10.4 Å². The first-order valence-corrected chi connectivity index (χ1v) is 8.87. The van der Waals surface area contributed by atoms with E-state index in [-0.39, 0.29) is 11.7 Å². The van der Waals surface area contributed by atoms with Crippen LogP contribution >= 0.6 is 0 Å². The van der Waals surface area contributed by atoms with Crippen LogP contribution in [0.2, 0.25) is 0 Å². The average Bonchev–Trinajstić information content (AvgIpc) is 3.37. The molecule has 10 heteroatoms. The number of hydrogen-bond acceptors (Lipinski definition) is 4. The predicted molar refractivity (Wildman–Crippen MR) is 96.3 cm³/mol. The molecular formula is C19H17F3N4O3. The Morgan fingerprint density at radius 2 is 1.72 bits per heavy atom. The van der Waals surface area contributed by atoms with Gasteiger partial charge >= 0.3 is 6.36 Å². The second-order valence-electron chi connectivity index (χ2n) is 6.33. The predicted octanol–water partition coefficient (Wildman–Crippen LogP) is 3.03. The van der Waals surface area contributed by atoms with E-state index in [2.05, 4.69) is 9.84 Å². The minimum Gasteiger partial charge on any atom is -0.406 e. The highest BCUT2D eigenvalue weighted by atomic mass is 19.4. The van der Waals surface area contributed by atoms with Crippen molar-refractivity contribution >= 4 is 5.91 Å². The molecule has 0 spiro atoms. The SMILES string of the molecule is O=C(c1cnn(-c2ccc(OC(F)(F)F)cc2)c1-n1cccc1)N1CCOCC1. The van der Waals surface area contributed by atoms with Crippen LogP contribution in [0, 0.1) is 0 Å². The topological polar surface area (TPSA) is 61.5 Å². The second kappa shape index (κ2) is 7.63. The monoisotopic (exact) mass is 406 g/mol. The molecule has 1 aliphatic heterocycles. The van der Waals surface area contributed by atoms with E-state index in [0.29, 0.717) is 43.4 Å². The Balaban J connectivity index is 1.71. The maximum absolute atomic E-state index is 13.0. The van der Waals surface area contributed by atoms with Gasteiger partial charge in [-0.25, -0.2) is 4.68 Å². The molecule has 3 heterocycles. The van der Waals surface area contributed by atoms with Gasteiger partial charge in [0.2, 0.25) is 0 Å². The smallest absolute Gasteiger partial charge is 0.406 e. The number of amides is 1. The zero-order chi connectivity index (χ0) is 20.4. The van der Waals surface area contributed by atoms with Crippen LogP contribution in [0.5, 0.6) is 5.75 Å². The Labute approximate surface area is 163 Å². The molecule has 1 aromatic carbocycles. The standard InChI is InChI=1S/C19H17F3N4O3/c20-19(21,22)29-15-5-3-14(4-6-15)26-17(24-7-1-2-8-24)16(13-23-26)18(27)25-9-11-28-12-10-25/h1-8,13H,9-12H2. The summed E-state index contributed by atoms with van der Waals surface area (Å²) in [5.41, 5.74) is 0.878. The van der Waals surface area contributed by atoms with Crippen molar-refractivity contribution in [2.75, 3.05) is 26.3 Å². The number of aromatic nitrogens is 3. The van der Waals surface area contributed by atoms with Gasteiger partial charge in [0, 0.05) is 25.5 Å². The van der Waals surface area contributed by atoms with Gasteiger partial charge in [-0.3, -0.25) is 4.79 Å². The number of rotatable bonds is 4. The summed E-state index contributed by atoms with van der Waals surface area (Å²) in [5, 5.41) is 4.32. The molecule has 2 aromatic heterocycles. The van der Waals surface area contributed by atoms with E-state index < -0.39 is 6.36 Å². The molecule has 0 N–H and O–H groups in total. The van der Waals surface area contributed by atoms with Gasteiger partial charge in [0.05, 0.1) is 25.1 Å². The lowest BCUT2D eigenvalue weighted by atomic mass is 10.2. The normalized spacial score (nSPS) is 14.8. The number of alkyl halides is 3. The highest BCUT2D eigenvalue weighted by molar-refractivity contribution is 5.97. The summed E-state index contributed by atoms with van der Waals surface area (Å²) in [7, 11) is 0. The van der Waals surface area contributed by atoms with Gasteiger partial charge in [-0.1, -0.05) is 0 Å². The fourth-order valence-electron chi connectivity index (χ4n) is 3.13. The first-order chi connectivity index (χ1) is 13.9. The molecule has 0 unspecified atom stereocenters. The quantitative estimate of drug-likeness (QED) is 0.668. The molecule has 3 aromatic rings. The van der Waals surface area contributed by atoms with Crippen molar-refractivity contribution in [2.45, 2.75) is 6.36 Å². The summed E-state index contributed by atoms with van der Waals surface area (Å²) in [6.45, 7) is 1.91. The zero-order valence-electron chi connectivity index (χ0n) is 15.2. The molecule has 0 aliphatic carbocycles. The van der Waals surface area contributed by atoms with Crippen molar-refractivity contribution in [3.63, 3.8) is 0 Å². The van der Waals surface area contributed by atoms with Crippen LogP contribution < -0.4 is 4.74 Å². The highest BCUT2D eigenvalue weighted by Crippen LogP contribution is 2.26. The van der Waals surface area contributed by atoms with Gasteiger partial charge in [0.25, 0.3) is 5.91 Å². The minimum absolute atomic E-state index is 0.180. The van der Waals surface area contributed by atoms with E-state index in [1.807, 2.05) is 0 Å². The van der Waals surface area contributed by atoms with E-state index in [9.17, 15) is 18.0 Å². The van der Waals surface area contributed by atoms with Gasteiger partial charge in [0.15, 0.2) is 5.82 Å². The maximum atomic E-state index is 13.0. The number of hydrogen-bond donors (Lipinski definition) is 0. The van der Waals surface area contributed by atoms with Crippen molar-refractivity contribution in [3.8, 4) is 17.3 Å². The van der Waals surface area contributed by atoms with Crippen molar-refractivity contribution < 1.29 is 27.4 Å². The number of ether oxygens (including phenoxy) is 2. The molecule has 0 saturated carbocycles. The number of halogens is 3. The van der Waals surface area contributed by atoms with Gasteiger partial charge in [-0.15, -0.1) is 13.2 Å². The summed E-state index contributed by atoms with van der Waals surface area (Å²) in [6, 6.07) is 8.91. The summed E-state index contributed by atoms with van der Waals surface area (Å²) in [6.07, 6.45) is 0.240. The Hall–Kier alpha value is -3.27. The van der Waals surface area contributed by atoms with E-state index >= 15 is 0 Å². The zero-order valence-corrected chi connectivity index (χ0v) is 15.2. The van der Waals surface area contributed by atoms with Crippen LogP contribution in [0.15, 0.2) is 55.0 Å². The number of morpholine rings is 1.